The van der Waals surface area contributed by atoms with Crippen LogP contribution in [0.15, 0.2) is 22.6 Å². The predicted octanol–water partition coefficient (Wildman–Crippen LogP) is 4.90. The summed E-state index contributed by atoms with van der Waals surface area (Å²) in [5.41, 5.74) is 9.30. The highest BCUT2D eigenvalue weighted by atomic mass is 32.1. The molecule has 0 fully saturated rings. The molecule has 5 nitrogen and oxygen atoms in total. The molecule has 0 saturated carbocycles. The Kier molecular flexibility index (Phi) is 3.73. The van der Waals surface area contributed by atoms with Crippen molar-refractivity contribution in [3.8, 4) is 5.75 Å². The fourth-order valence-corrected chi connectivity index (χ4v) is 3.90. The Morgan fingerprint density at radius 3 is 3.25 bits per heavy atom. The lowest BCUT2D eigenvalue weighted by Crippen LogP contribution is -1.99. The molecular weight excluding hydrogens is 292 g/mol. The molecule has 0 spiro atoms. The number of azide groups is 1. The molecule has 0 amide bonds. The molecule has 3 aromatic rings. The van der Waals surface area contributed by atoms with Crippen LogP contribution in [0.5, 0.6) is 5.75 Å². The quantitative estimate of drug-likeness (QED) is 0.291. The van der Waals surface area contributed by atoms with Gasteiger partial charge in [-0.15, -0.1) is 22.7 Å². The van der Waals surface area contributed by atoms with Crippen LogP contribution in [0.2, 0.25) is 0 Å². The normalized spacial score (nSPS) is 10.8. The van der Waals surface area contributed by atoms with Crippen molar-refractivity contribution in [1.29, 1.82) is 0 Å². The second kappa shape index (κ2) is 5.66. The number of aromatic nitrogens is 1. The topological polar surface area (TPSA) is 70.9 Å². The van der Waals surface area contributed by atoms with E-state index in [-0.39, 0.29) is 0 Å². The Hall–Kier alpha value is -1.82. The number of thiophene rings is 1. The zero-order chi connectivity index (χ0) is 13.9. The lowest BCUT2D eigenvalue weighted by molar-refractivity contribution is 0.317. The molecule has 0 aliphatic rings. The van der Waals surface area contributed by atoms with Crippen LogP contribution in [-0.4, -0.2) is 18.1 Å². The first-order valence-corrected chi connectivity index (χ1v) is 7.90. The largest absolute Gasteiger partial charge is 0.493 e. The van der Waals surface area contributed by atoms with Crippen molar-refractivity contribution < 1.29 is 4.74 Å². The van der Waals surface area contributed by atoms with Crippen LogP contribution in [0.4, 0.5) is 0 Å². The summed E-state index contributed by atoms with van der Waals surface area (Å²) in [6.07, 6.45) is 0.718. The third kappa shape index (κ3) is 2.43. The summed E-state index contributed by atoms with van der Waals surface area (Å²) < 4.78 is 8.18. The van der Waals surface area contributed by atoms with Crippen LogP contribution in [0.3, 0.4) is 0 Å². The van der Waals surface area contributed by atoms with Crippen LogP contribution in [-0.2, 0) is 0 Å². The van der Waals surface area contributed by atoms with E-state index in [1.807, 2.05) is 6.92 Å². The molecule has 20 heavy (non-hydrogen) atoms. The van der Waals surface area contributed by atoms with Crippen molar-refractivity contribution >= 4 is 43.0 Å². The fourth-order valence-electron chi connectivity index (χ4n) is 2.07. The minimum absolute atomic E-state index is 0.463. The van der Waals surface area contributed by atoms with Gasteiger partial charge in [0, 0.05) is 22.9 Å². The van der Waals surface area contributed by atoms with E-state index in [0.29, 0.717) is 13.2 Å². The van der Waals surface area contributed by atoms with Crippen molar-refractivity contribution in [3.05, 3.63) is 33.0 Å². The van der Waals surface area contributed by atoms with Crippen molar-refractivity contribution in [2.75, 3.05) is 13.2 Å². The van der Waals surface area contributed by atoms with Gasteiger partial charge in [0.15, 0.2) is 0 Å². The molecule has 0 aliphatic carbocycles. The van der Waals surface area contributed by atoms with Gasteiger partial charge in [-0.1, -0.05) is 5.11 Å². The van der Waals surface area contributed by atoms with Gasteiger partial charge < -0.3 is 4.74 Å². The summed E-state index contributed by atoms with van der Waals surface area (Å²) in [6, 6.07) is 4.12. The SMILES string of the molecule is Cc1nc2c(cc(OCCCN=[N+]=[N-])c3ccsc32)s1. The predicted molar refractivity (Wildman–Crippen MR) is 83.9 cm³/mol. The summed E-state index contributed by atoms with van der Waals surface area (Å²) in [5.74, 6) is 0.887. The minimum atomic E-state index is 0.463. The first-order valence-electron chi connectivity index (χ1n) is 6.20. The summed E-state index contributed by atoms with van der Waals surface area (Å²) in [6.45, 7) is 3.03. The summed E-state index contributed by atoms with van der Waals surface area (Å²) in [7, 11) is 0. The van der Waals surface area contributed by atoms with E-state index in [1.165, 1.54) is 4.70 Å². The Morgan fingerprint density at radius 1 is 1.50 bits per heavy atom. The Morgan fingerprint density at radius 2 is 2.40 bits per heavy atom. The van der Waals surface area contributed by atoms with E-state index in [4.69, 9.17) is 10.3 Å². The van der Waals surface area contributed by atoms with Crippen molar-refractivity contribution in [2.24, 2.45) is 5.11 Å². The number of fused-ring (bicyclic) bond motifs is 3. The summed E-state index contributed by atoms with van der Waals surface area (Å²) >= 11 is 3.37. The van der Waals surface area contributed by atoms with Gasteiger partial charge in [0.25, 0.3) is 0 Å². The highest BCUT2D eigenvalue weighted by molar-refractivity contribution is 7.21. The molecule has 0 atom stereocenters. The first kappa shape index (κ1) is 13.2. The molecule has 0 radical (unpaired) electrons. The van der Waals surface area contributed by atoms with Crippen LogP contribution < -0.4 is 4.74 Å². The van der Waals surface area contributed by atoms with Gasteiger partial charge >= 0.3 is 0 Å². The molecule has 1 aromatic carbocycles. The van der Waals surface area contributed by atoms with Crippen LogP contribution in [0, 0.1) is 6.92 Å². The minimum Gasteiger partial charge on any atom is -0.493 e. The lowest BCUT2D eigenvalue weighted by Gasteiger charge is -2.06. The van der Waals surface area contributed by atoms with E-state index in [1.54, 1.807) is 22.7 Å². The average molecular weight is 304 g/mol. The number of nitrogens with zero attached hydrogens (tertiary/aromatic N) is 4. The van der Waals surface area contributed by atoms with Gasteiger partial charge in [-0.25, -0.2) is 4.98 Å². The fraction of sp³-hybridized carbons (Fsp3) is 0.308. The molecule has 7 heteroatoms. The number of hydrogen-bond acceptors (Lipinski definition) is 5. The second-order valence-corrected chi connectivity index (χ2v) is 6.43. The van der Waals surface area contributed by atoms with Crippen molar-refractivity contribution in [3.63, 3.8) is 0 Å². The molecule has 0 unspecified atom stereocenters. The van der Waals surface area contributed by atoms with Gasteiger partial charge in [0.2, 0.25) is 0 Å². The van der Waals surface area contributed by atoms with Crippen LogP contribution in [0.1, 0.15) is 11.4 Å². The first-order chi connectivity index (χ1) is 9.79. The van der Waals surface area contributed by atoms with E-state index >= 15 is 0 Å². The molecule has 0 N–H and O–H groups in total. The summed E-state index contributed by atoms with van der Waals surface area (Å²) in [4.78, 5) is 7.32. The number of benzene rings is 1. The maximum atomic E-state index is 8.23. The number of aryl methyl sites for hydroxylation is 1. The maximum Gasteiger partial charge on any atom is 0.129 e. The molecule has 2 aromatic heterocycles. The second-order valence-electron chi connectivity index (χ2n) is 4.27. The molecule has 0 saturated heterocycles. The molecule has 0 aliphatic heterocycles. The van der Waals surface area contributed by atoms with Crippen LogP contribution >= 0.6 is 22.7 Å². The molecule has 102 valence electrons. The summed E-state index contributed by atoms with van der Waals surface area (Å²) in [5, 5.41) is 7.74. The average Bonchev–Trinajstić information content (AvgIpc) is 3.03. The van der Waals surface area contributed by atoms with E-state index in [0.717, 1.165) is 32.8 Å². The number of rotatable bonds is 5. The van der Waals surface area contributed by atoms with Gasteiger partial charge in [-0.2, -0.15) is 0 Å². The number of hydrogen-bond donors (Lipinski definition) is 0. The Labute approximate surface area is 123 Å². The number of ether oxygens (including phenoxy) is 1. The molecule has 0 bridgehead atoms. The smallest absolute Gasteiger partial charge is 0.129 e. The van der Waals surface area contributed by atoms with E-state index in [2.05, 4.69) is 32.5 Å². The standard InChI is InChI=1S/C13H12N4OS2/c1-8-16-12-11(20-8)7-10(9-3-6-19-13(9)12)18-5-2-4-15-17-14/h3,6-7H,2,4-5H2,1H3. The molecule has 3 rings (SSSR count). The van der Waals surface area contributed by atoms with Crippen molar-refractivity contribution in [2.45, 2.75) is 13.3 Å². The van der Waals surface area contributed by atoms with Gasteiger partial charge in [0.05, 0.1) is 26.5 Å². The van der Waals surface area contributed by atoms with Gasteiger partial charge in [-0.3, -0.25) is 0 Å². The molecular formula is C13H12N4OS2. The van der Waals surface area contributed by atoms with Gasteiger partial charge in [0.1, 0.15) is 5.75 Å². The lowest BCUT2D eigenvalue weighted by atomic mass is 10.2. The van der Waals surface area contributed by atoms with Crippen molar-refractivity contribution in [1.82, 2.24) is 4.98 Å². The Bertz CT molecular complexity index is 801. The third-order valence-electron chi connectivity index (χ3n) is 2.89. The monoisotopic (exact) mass is 304 g/mol. The highest BCUT2D eigenvalue weighted by Crippen LogP contribution is 2.38. The van der Waals surface area contributed by atoms with Crippen LogP contribution in [0.25, 0.3) is 30.7 Å². The highest BCUT2D eigenvalue weighted by Gasteiger charge is 2.12. The Balaban J connectivity index is 1.92. The number of thiazole rings is 1. The molecule has 2 heterocycles. The zero-order valence-electron chi connectivity index (χ0n) is 10.9. The van der Waals surface area contributed by atoms with Gasteiger partial charge in [-0.05, 0) is 30.3 Å². The van der Waals surface area contributed by atoms with E-state index in [9.17, 15) is 0 Å². The maximum absolute atomic E-state index is 8.23. The van der Waals surface area contributed by atoms with E-state index < -0.39 is 0 Å². The zero-order valence-corrected chi connectivity index (χ0v) is 12.5. The third-order valence-corrected chi connectivity index (χ3v) is 4.73.